The maximum Gasteiger partial charge on any atom is 0.285 e. The summed E-state index contributed by atoms with van der Waals surface area (Å²) < 4.78 is 12.7. The molecule has 6 nitrogen and oxygen atoms in total. The van der Waals surface area contributed by atoms with E-state index in [0.29, 0.717) is 49.6 Å². The number of nitrogens with zero attached hydrogens (tertiary/aromatic N) is 1. The van der Waals surface area contributed by atoms with Crippen molar-refractivity contribution in [2.75, 3.05) is 6.61 Å². The van der Waals surface area contributed by atoms with Crippen LogP contribution in [0.2, 0.25) is 5.02 Å². The van der Waals surface area contributed by atoms with Gasteiger partial charge in [-0.25, -0.2) is 0 Å². The van der Waals surface area contributed by atoms with Crippen molar-refractivity contribution in [2.24, 2.45) is 0 Å². The number of hydrogen-bond donors (Lipinski definition) is 1. The number of thiocarbonyl (C=S) groups is 1. The summed E-state index contributed by atoms with van der Waals surface area (Å²) in [5.41, 5.74) is 4.25. The zero-order chi connectivity index (χ0) is 24.9. The average molecular weight is 610 g/mol. The van der Waals surface area contributed by atoms with Gasteiger partial charge in [-0.2, -0.15) is 5.01 Å². The van der Waals surface area contributed by atoms with E-state index in [1.165, 1.54) is 11.3 Å². The van der Waals surface area contributed by atoms with E-state index in [4.69, 9.17) is 33.3 Å². The fourth-order valence-corrected chi connectivity index (χ4v) is 5.58. The first kappa shape index (κ1) is 25.7. The quantitative estimate of drug-likeness (QED) is 0.227. The second kappa shape index (κ2) is 11.6. The number of rotatable bonds is 8. The lowest BCUT2D eigenvalue weighted by molar-refractivity contribution is -0.123. The van der Waals surface area contributed by atoms with Gasteiger partial charge in [0.25, 0.3) is 11.8 Å². The molecule has 1 aliphatic heterocycles. The van der Waals surface area contributed by atoms with Gasteiger partial charge in [-0.1, -0.05) is 41.6 Å². The van der Waals surface area contributed by atoms with Crippen LogP contribution in [0.15, 0.2) is 63.3 Å². The highest BCUT2D eigenvalue weighted by molar-refractivity contribution is 9.10. The van der Waals surface area contributed by atoms with Gasteiger partial charge in [-0.15, -0.1) is 11.3 Å². The summed E-state index contributed by atoms with van der Waals surface area (Å²) in [6, 6.07) is 14.5. The van der Waals surface area contributed by atoms with Crippen LogP contribution in [0.1, 0.15) is 27.7 Å². The Hall–Kier alpha value is -2.37. The molecule has 0 bridgehead atoms. The number of amides is 2. The van der Waals surface area contributed by atoms with Gasteiger partial charge in [-0.3, -0.25) is 15.0 Å². The molecule has 35 heavy (non-hydrogen) atoms. The number of benzene rings is 2. The molecule has 1 N–H and O–H groups in total. The van der Waals surface area contributed by atoms with Crippen molar-refractivity contribution in [1.29, 1.82) is 0 Å². The van der Waals surface area contributed by atoms with Crippen LogP contribution in [0, 0.1) is 0 Å². The third kappa shape index (κ3) is 6.25. The molecule has 0 spiro atoms. The van der Waals surface area contributed by atoms with Crippen molar-refractivity contribution in [3.8, 4) is 11.5 Å². The molecule has 11 heteroatoms. The minimum absolute atomic E-state index is 0.248. The Balaban J connectivity index is 1.53. The van der Waals surface area contributed by atoms with Crippen LogP contribution in [0.3, 0.4) is 0 Å². The summed E-state index contributed by atoms with van der Waals surface area (Å²) >= 11 is 17.2. The van der Waals surface area contributed by atoms with Crippen LogP contribution in [0.5, 0.6) is 11.5 Å². The predicted octanol–water partition coefficient (Wildman–Crippen LogP) is 6.69. The maximum absolute atomic E-state index is 12.9. The van der Waals surface area contributed by atoms with Crippen LogP contribution in [0.4, 0.5) is 0 Å². The Kier molecular flexibility index (Phi) is 8.51. The van der Waals surface area contributed by atoms with Crippen LogP contribution in [-0.2, 0) is 11.4 Å². The number of ether oxygens (including phenoxy) is 2. The Labute approximate surface area is 229 Å². The fraction of sp³-hybridized carbons (Fsp3) is 0.125. The molecular formula is C24H18BrClN2O4S3. The van der Waals surface area contributed by atoms with Gasteiger partial charge < -0.3 is 9.47 Å². The highest BCUT2D eigenvalue weighted by atomic mass is 79.9. The third-order valence-corrected chi connectivity index (χ3v) is 7.69. The molecule has 2 heterocycles. The first-order valence-electron chi connectivity index (χ1n) is 10.3. The van der Waals surface area contributed by atoms with E-state index in [9.17, 15) is 9.59 Å². The number of thiophene rings is 1. The highest BCUT2D eigenvalue weighted by Gasteiger charge is 2.34. The predicted molar refractivity (Wildman–Crippen MR) is 148 cm³/mol. The molecular weight excluding hydrogens is 592 g/mol. The second-order valence-corrected chi connectivity index (χ2v) is 11.0. The van der Waals surface area contributed by atoms with Crippen molar-refractivity contribution in [2.45, 2.75) is 13.5 Å². The Morgan fingerprint density at radius 3 is 2.69 bits per heavy atom. The molecule has 2 aromatic carbocycles. The average Bonchev–Trinajstić information content (AvgIpc) is 3.45. The van der Waals surface area contributed by atoms with Gasteiger partial charge >= 0.3 is 0 Å². The lowest BCUT2D eigenvalue weighted by Crippen LogP contribution is -2.44. The molecule has 180 valence electrons. The standard InChI is InChI=1S/C24H18BrClN2O4S3/c1-2-31-18-11-15(10-17(25)21(18)32-13-14-5-7-16(26)8-6-14)12-20-23(30)28(24(33)35-20)27-22(29)19-4-3-9-34-19/h3-12H,2,13H2,1H3,(H,27,29)/b20-12+. The van der Waals surface area contributed by atoms with E-state index < -0.39 is 5.91 Å². The van der Waals surface area contributed by atoms with E-state index in [1.807, 2.05) is 25.1 Å². The summed E-state index contributed by atoms with van der Waals surface area (Å²) in [6.45, 7) is 2.65. The lowest BCUT2D eigenvalue weighted by Gasteiger charge is -2.15. The smallest absolute Gasteiger partial charge is 0.285 e. The minimum atomic E-state index is -0.401. The van der Waals surface area contributed by atoms with Crippen LogP contribution >= 0.6 is 62.8 Å². The van der Waals surface area contributed by atoms with Gasteiger partial charge in [0.05, 0.1) is 20.9 Å². The number of carbonyl (C=O) groups excluding carboxylic acids is 2. The van der Waals surface area contributed by atoms with Crippen molar-refractivity contribution in [3.63, 3.8) is 0 Å². The van der Waals surface area contributed by atoms with Crippen molar-refractivity contribution < 1.29 is 19.1 Å². The first-order valence-corrected chi connectivity index (χ1v) is 13.6. The summed E-state index contributed by atoms with van der Waals surface area (Å²) in [7, 11) is 0. The van der Waals surface area contributed by atoms with E-state index >= 15 is 0 Å². The fourth-order valence-electron chi connectivity index (χ4n) is 3.09. The van der Waals surface area contributed by atoms with E-state index in [-0.39, 0.29) is 10.2 Å². The van der Waals surface area contributed by atoms with Gasteiger partial charge in [0, 0.05) is 5.02 Å². The molecule has 3 aromatic rings. The number of hydrogen-bond acceptors (Lipinski definition) is 7. The van der Waals surface area contributed by atoms with Crippen molar-refractivity contribution >= 4 is 85.1 Å². The first-order chi connectivity index (χ1) is 16.9. The SMILES string of the molecule is CCOc1cc(/C=C2/SC(=S)N(NC(=O)c3cccs3)C2=O)cc(Br)c1OCc1ccc(Cl)cc1. The topological polar surface area (TPSA) is 67.9 Å². The largest absolute Gasteiger partial charge is 0.490 e. The molecule has 0 unspecified atom stereocenters. The summed E-state index contributed by atoms with van der Waals surface area (Å²) in [6.07, 6.45) is 1.70. The molecule has 1 fully saturated rings. The molecule has 1 aromatic heterocycles. The molecule has 0 atom stereocenters. The molecule has 2 amide bonds. The number of hydrazine groups is 1. The summed E-state index contributed by atoms with van der Waals surface area (Å²) in [4.78, 5) is 26.2. The van der Waals surface area contributed by atoms with Gasteiger partial charge in [0.1, 0.15) is 6.61 Å². The normalized spacial score (nSPS) is 14.5. The van der Waals surface area contributed by atoms with Gasteiger partial charge in [0.2, 0.25) is 0 Å². The molecule has 0 saturated carbocycles. The highest BCUT2D eigenvalue weighted by Crippen LogP contribution is 2.39. The molecule has 0 radical (unpaired) electrons. The Morgan fingerprint density at radius 2 is 2.00 bits per heavy atom. The second-order valence-electron chi connectivity index (χ2n) is 7.11. The minimum Gasteiger partial charge on any atom is -0.490 e. The number of carbonyl (C=O) groups is 2. The molecule has 1 saturated heterocycles. The number of halogens is 2. The zero-order valence-electron chi connectivity index (χ0n) is 18.2. The van der Waals surface area contributed by atoms with Crippen LogP contribution < -0.4 is 14.9 Å². The van der Waals surface area contributed by atoms with Gasteiger partial charge in [0.15, 0.2) is 15.8 Å². The summed E-state index contributed by atoms with van der Waals surface area (Å²) in [5.74, 6) is 0.293. The Bertz CT molecular complexity index is 1300. The lowest BCUT2D eigenvalue weighted by atomic mass is 10.1. The number of thioether (sulfide) groups is 1. The Morgan fingerprint density at radius 1 is 1.23 bits per heavy atom. The van der Waals surface area contributed by atoms with E-state index in [0.717, 1.165) is 22.3 Å². The van der Waals surface area contributed by atoms with Gasteiger partial charge in [-0.05, 0) is 88.0 Å². The molecule has 1 aliphatic rings. The molecule has 0 aliphatic carbocycles. The monoisotopic (exact) mass is 608 g/mol. The van der Waals surface area contributed by atoms with Crippen LogP contribution in [-0.4, -0.2) is 27.8 Å². The zero-order valence-corrected chi connectivity index (χ0v) is 23.0. The van der Waals surface area contributed by atoms with Crippen LogP contribution in [0.25, 0.3) is 6.08 Å². The maximum atomic E-state index is 12.9. The summed E-state index contributed by atoms with van der Waals surface area (Å²) in [5, 5.41) is 3.54. The van der Waals surface area contributed by atoms with E-state index in [1.54, 1.807) is 41.8 Å². The van der Waals surface area contributed by atoms with Crippen molar-refractivity contribution in [1.82, 2.24) is 10.4 Å². The third-order valence-electron chi connectivity index (χ3n) is 4.68. The molecule has 4 rings (SSSR count). The number of nitrogens with one attached hydrogen (secondary N) is 1. The van der Waals surface area contributed by atoms with E-state index in [2.05, 4.69) is 21.4 Å². The van der Waals surface area contributed by atoms with Crippen molar-refractivity contribution in [3.05, 3.63) is 84.3 Å².